The van der Waals surface area contributed by atoms with Gasteiger partial charge < -0.3 is 9.47 Å². The summed E-state index contributed by atoms with van der Waals surface area (Å²) in [6.07, 6.45) is 1.51. The fourth-order valence-corrected chi connectivity index (χ4v) is 2.02. The van der Waals surface area contributed by atoms with Crippen LogP contribution >= 0.6 is 0 Å². The van der Waals surface area contributed by atoms with E-state index in [1.807, 2.05) is 0 Å². The number of ketones is 1. The monoisotopic (exact) mass is 240 g/mol. The maximum Gasteiger partial charge on any atom is 0.175 e. The highest BCUT2D eigenvalue weighted by Gasteiger charge is 2.15. The molecule has 16 heavy (non-hydrogen) atoms. The van der Waals surface area contributed by atoms with Gasteiger partial charge in [0.05, 0.1) is 5.75 Å². The molecule has 1 aliphatic rings. The summed E-state index contributed by atoms with van der Waals surface area (Å²) in [5.41, 5.74) is 0.513. The van der Waals surface area contributed by atoms with Gasteiger partial charge in [-0.2, -0.15) is 0 Å². The van der Waals surface area contributed by atoms with E-state index in [4.69, 9.17) is 9.47 Å². The van der Waals surface area contributed by atoms with Gasteiger partial charge in [0, 0.05) is 22.6 Å². The van der Waals surface area contributed by atoms with E-state index in [2.05, 4.69) is 0 Å². The maximum atomic E-state index is 11.7. The van der Waals surface area contributed by atoms with Gasteiger partial charge in [0.2, 0.25) is 0 Å². The molecule has 1 heterocycles. The second-order valence-electron chi connectivity index (χ2n) is 3.50. The Morgan fingerprint density at radius 3 is 2.69 bits per heavy atom. The molecule has 1 aromatic rings. The van der Waals surface area contributed by atoms with Crippen LogP contribution in [0.5, 0.6) is 11.5 Å². The van der Waals surface area contributed by atoms with Gasteiger partial charge in [-0.25, -0.2) is 0 Å². The molecule has 0 saturated carbocycles. The number of hydrogen-bond donors (Lipinski definition) is 0. The molecular weight excluding hydrogens is 228 g/mol. The standard InChI is InChI=1S/C11H12O4S/c1-16(13)7-9(12)8-2-3-10-11(6-8)15-5-4-14-10/h2-3,6H,4-5,7H2,1H3. The quantitative estimate of drug-likeness (QED) is 0.740. The van der Waals surface area contributed by atoms with Crippen LogP contribution in [-0.4, -0.2) is 35.2 Å². The molecule has 0 spiro atoms. The topological polar surface area (TPSA) is 52.6 Å². The molecule has 0 saturated heterocycles. The van der Waals surface area contributed by atoms with Crippen molar-refractivity contribution < 1.29 is 18.5 Å². The summed E-state index contributed by atoms with van der Waals surface area (Å²) < 4.78 is 21.7. The lowest BCUT2D eigenvalue weighted by Crippen LogP contribution is -2.16. The van der Waals surface area contributed by atoms with Crippen molar-refractivity contribution in [3.63, 3.8) is 0 Å². The van der Waals surface area contributed by atoms with Crippen LogP contribution in [0, 0.1) is 0 Å². The second kappa shape index (κ2) is 4.65. The Morgan fingerprint density at radius 2 is 2.00 bits per heavy atom. The SMILES string of the molecule is CS(=O)CC(=O)c1ccc2c(c1)OCCO2. The van der Waals surface area contributed by atoms with Gasteiger partial charge in [-0.15, -0.1) is 0 Å². The van der Waals surface area contributed by atoms with E-state index in [9.17, 15) is 9.00 Å². The lowest BCUT2D eigenvalue weighted by Gasteiger charge is -2.18. The maximum absolute atomic E-state index is 11.7. The van der Waals surface area contributed by atoms with E-state index < -0.39 is 10.8 Å². The van der Waals surface area contributed by atoms with Crippen molar-refractivity contribution >= 4 is 16.6 Å². The minimum Gasteiger partial charge on any atom is -0.486 e. The van der Waals surface area contributed by atoms with Gasteiger partial charge in [-0.3, -0.25) is 9.00 Å². The average Bonchev–Trinajstić information content (AvgIpc) is 2.27. The molecule has 2 rings (SSSR count). The van der Waals surface area contributed by atoms with Crippen LogP contribution in [0.4, 0.5) is 0 Å². The van der Waals surface area contributed by atoms with Gasteiger partial charge in [-0.1, -0.05) is 0 Å². The molecule has 0 bridgehead atoms. The van der Waals surface area contributed by atoms with Crippen LogP contribution in [0.25, 0.3) is 0 Å². The second-order valence-corrected chi connectivity index (χ2v) is 4.93. The third-order valence-corrected chi connectivity index (χ3v) is 2.87. The zero-order valence-corrected chi connectivity index (χ0v) is 9.71. The van der Waals surface area contributed by atoms with E-state index in [0.717, 1.165) is 0 Å². The predicted octanol–water partition coefficient (Wildman–Crippen LogP) is 1.02. The fraction of sp³-hybridized carbons (Fsp3) is 0.364. The Bertz CT molecular complexity index is 442. The molecule has 0 aromatic heterocycles. The van der Waals surface area contributed by atoms with Crippen molar-refractivity contribution in [1.29, 1.82) is 0 Å². The largest absolute Gasteiger partial charge is 0.486 e. The number of fused-ring (bicyclic) bond motifs is 1. The van der Waals surface area contributed by atoms with Crippen LogP contribution in [0.1, 0.15) is 10.4 Å². The first-order valence-corrected chi connectivity index (χ1v) is 6.62. The van der Waals surface area contributed by atoms with Crippen molar-refractivity contribution in [2.75, 3.05) is 25.2 Å². The normalized spacial score (nSPS) is 15.6. The van der Waals surface area contributed by atoms with Crippen molar-refractivity contribution in [2.24, 2.45) is 0 Å². The Morgan fingerprint density at radius 1 is 1.31 bits per heavy atom. The molecule has 0 amide bonds. The van der Waals surface area contributed by atoms with Gasteiger partial charge in [0.1, 0.15) is 13.2 Å². The zero-order valence-electron chi connectivity index (χ0n) is 8.89. The smallest absolute Gasteiger partial charge is 0.175 e. The molecule has 0 N–H and O–H groups in total. The van der Waals surface area contributed by atoms with E-state index >= 15 is 0 Å². The molecule has 1 atom stereocenters. The first kappa shape index (κ1) is 11.1. The number of ether oxygens (including phenoxy) is 2. The molecule has 0 fully saturated rings. The first-order valence-electron chi connectivity index (χ1n) is 4.89. The highest BCUT2D eigenvalue weighted by molar-refractivity contribution is 7.85. The molecule has 0 radical (unpaired) electrons. The average molecular weight is 240 g/mol. The third kappa shape index (κ3) is 2.41. The summed E-state index contributed by atoms with van der Waals surface area (Å²) in [7, 11) is -1.12. The molecule has 86 valence electrons. The number of carbonyl (C=O) groups is 1. The van der Waals surface area contributed by atoms with Gasteiger partial charge in [-0.05, 0) is 18.2 Å². The lowest BCUT2D eigenvalue weighted by atomic mass is 10.1. The third-order valence-electron chi connectivity index (χ3n) is 2.20. The van der Waals surface area contributed by atoms with Gasteiger partial charge in [0.25, 0.3) is 0 Å². The molecular formula is C11H12O4S. The summed E-state index contributed by atoms with van der Waals surface area (Å²) in [6.45, 7) is 1.02. The van der Waals surface area contributed by atoms with Crippen LogP contribution in [0.15, 0.2) is 18.2 Å². The van der Waals surface area contributed by atoms with Crippen molar-refractivity contribution in [2.45, 2.75) is 0 Å². The Balaban J connectivity index is 2.23. The van der Waals surface area contributed by atoms with Crippen LogP contribution < -0.4 is 9.47 Å². The summed E-state index contributed by atoms with van der Waals surface area (Å²) in [5, 5.41) is 0. The van der Waals surface area contributed by atoms with Crippen LogP contribution in [-0.2, 0) is 10.8 Å². The number of Topliss-reactive ketones (excluding diaryl/α,β-unsaturated/α-hetero) is 1. The Labute approximate surface area is 96.0 Å². The highest BCUT2D eigenvalue weighted by atomic mass is 32.2. The number of rotatable bonds is 3. The Kier molecular flexibility index (Phi) is 3.24. The lowest BCUT2D eigenvalue weighted by molar-refractivity contribution is 0.102. The first-order chi connectivity index (χ1) is 7.66. The van der Waals surface area contributed by atoms with Gasteiger partial charge >= 0.3 is 0 Å². The molecule has 1 aromatic carbocycles. The molecule has 1 aliphatic heterocycles. The van der Waals surface area contributed by atoms with Gasteiger partial charge in [0.15, 0.2) is 17.3 Å². The minimum absolute atomic E-state index is 0.0413. The summed E-state index contributed by atoms with van der Waals surface area (Å²) in [5.74, 6) is 1.14. The Hall–Kier alpha value is -1.36. The van der Waals surface area contributed by atoms with Crippen LogP contribution in [0.3, 0.4) is 0 Å². The molecule has 0 aliphatic carbocycles. The van der Waals surface area contributed by atoms with E-state index in [-0.39, 0.29) is 11.5 Å². The number of carbonyl (C=O) groups excluding carboxylic acids is 1. The van der Waals surface area contributed by atoms with E-state index in [0.29, 0.717) is 30.3 Å². The highest BCUT2D eigenvalue weighted by Crippen LogP contribution is 2.30. The van der Waals surface area contributed by atoms with Crippen LogP contribution in [0.2, 0.25) is 0 Å². The summed E-state index contributed by atoms with van der Waals surface area (Å²) in [4.78, 5) is 11.7. The summed E-state index contributed by atoms with van der Waals surface area (Å²) >= 11 is 0. The number of benzene rings is 1. The van der Waals surface area contributed by atoms with Crippen molar-refractivity contribution in [1.82, 2.24) is 0 Å². The number of hydrogen-bond acceptors (Lipinski definition) is 4. The van der Waals surface area contributed by atoms with Crippen molar-refractivity contribution in [3.8, 4) is 11.5 Å². The fourth-order valence-electron chi connectivity index (χ4n) is 1.48. The molecule has 4 nitrogen and oxygen atoms in total. The zero-order chi connectivity index (χ0) is 11.5. The minimum atomic E-state index is -1.12. The van der Waals surface area contributed by atoms with Crippen molar-refractivity contribution in [3.05, 3.63) is 23.8 Å². The predicted molar refractivity (Wildman–Crippen MR) is 60.7 cm³/mol. The van der Waals surface area contributed by atoms with E-state index in [1.165, 1.54) is 6.26 Å². The molecule has 5 heteroatoms. The summed E-state index contributed by atoms with van der Waals surface area (Å²) in [6, 6.07) is 5.02. The van der Waals surface area contributed by atoms with E-state index in [1.54, 1.807) is 18.2 Å². The molecule has 1 unspecified atom stereocenters.